The average molecular weight is 112 g/mol. The van der Waals surface area contributed by atoms with E-state index in [9.17, 15) is 0 Å². The molecule has 0 aliphatic carbocycles. The van der Waals surface area contributed by atoms with Crippen molar-refractivity contribution in [3.63, 3.8) is 0 Å². The summed E-state index contributed by atoms with van der Waals surface area (Å²) in [7, 11) is 2.19. The van der Waals surface area contributed by atoms with E-state index in [4.69, 9.17) is 0 Å². The average Bonchev–Trinajstić information content (AvgIpc) is 1.77. The molecule has 0 aromatic carbocycles. The molecule has 0 unspecified atom stereocenters. The Bertz CT molecular complexity index is 52.8. The molecule has 0 bridgehead atoms. The zero-order chi connectivity index (χ0) is 5.98. The van der Waals surface area contributed by atoms with Crippen LogP contribution >= 0.6 is 0 Å². The summed E-state index contributed by atoms with van der Waals surface area (Å²) in [6.45, 7) is 4.80. The first-order valence-corrected chi connectivity index (χ1v) is 3.29. The predicted molar refractivity (Wildman–Crippen MR) is 35.6 cm³/mol. The third-order valence-corrected chi connectivity index (χ3v) is 1.84. The molecule has 0 atom stereocenters. The highest BCUT2D eigenvalue weighted by molar-refractivity contribution is 4.89. The summed E-state index contributed by atoms with van der Waals surface area (Å²) in [5.74, 6) is 1.67. The summed E-state index contributed by atoms with van der Waals surface area (Å²) >= 11 is 0. The Balaban J connectivity index is 2.19. The van der Waals surface area contributed by atoms with Gasteiger partial charge < -0.3 is 0 Å². The van der Waals surface area contributed by atoms with Crippen LogP contribution in [-0.2, 0) is 0 Å². The van der Waals surface area contributed by atoms with Crippen LogP contribution in [0.4, 0.5) is 0 Å². The van der Waals surface area contributed by atoms with Crippen molar-refractivity contribution in [2.24, 2.45) is 0 Å². The fraction of sp³-hybridized carbons (Fsp3) is 0.857. The fourth-order valence-corrected chi connectivity index (χ4v) is 1.00. The Morgan fingerprint density at radius 1 is 1.25 bits per heavy atom. The van der Waals surface area contributed by atoms with Crippen LogP contribution in [0.3, 0.4) is 0 Å². The van der Waals surface area contributed by atoms with Crippen molar-refractivity contribution in [1.29, 1.82) is 0 Å². The highest BCUT2D eigenvalue weighted by Gasteiger charge is 2.19. The molecule has 1 aliphatic heterocycles. The van der Waals surface area contributed by atoms with Gasteiger partial charge in [0.1, 0.15) is 12.8 Å². The second kappa shape index (κ2) is 2.40. The highest BCUT2D eigenvalue weighted by Crippen LogP contribution is 2.15. The van der Waals surface area contributed by atoms with E-state index in [0.717, 1.165) is 0 Å². The molecular formula is C7H14N+. The van der Waals surface area contributed by atoms with E-state index in [-0.39, 0.29) is 0 Å². The molecule has 0 aromatic heterocycles. The van der Waals surface area contributed by atoms with Crippen molar-refractivity contribution in [2.45, 2.75) is 19.8 Å². The maximum atomic E-state index is 2.38. The summed E-state index contributed by atoms with van der Waals surface area (Å²) in [6.07, 6.45) is 2.63. The number of hydrogen-bond donors (Lipinski definition) is 0. The van der Waals surface area contributed by atoms with Crippen molar-refractivity contribution in [2.75, 3.05) is 20.1 Å². The van der Waals surface area contributed by atoms with Gasteiger partial charge in [-0.1, -0.05) is 0 Å². The number of rotatable bonds is 0. The summed E-state index contributed by atoms with van der Waals surface area (Å²) in [5, 5.41) is 0. The van der Waals surface area contributed by atoms with Gasteiger partial charge in [0.15, 0.2) is 0 Å². The van der Waals surface area contributed by atoms with Crippen LogP contribution in [-0.4, -0.2) is 25.0 Å². The van der Waals surface area contributed by atoms with E-state index in [0.29, 0.717) is 0 Å². The van der Waals surface area contributed by atoms with Crippen molar-refractivity contribution >= 4 is 0 Å². The molecule has 1 nitrogen and oxygen atoms in total. The predicted octanol–water partition coefficient (Wildman–Crippen LogP) is 1.31. The number of piperidine rings is 1. The van der Waals surface area contributed by atoms with E-state index in [1.54, 1.807) is 5.92 Å². The van der Waals surface area contributed by atoms with Gasteiger partial charge in [-0.3, -0.25) is 4.90 Å². The molecule has 1 saturated heterocycles. The van der Waals surface area contributed by atoms with Crippen LogP contribution in [0.25, 0.3) is 0 Å². The maximum Gasteiger partial charge on any atom is 0.102 e. The molecule has 0 amide bonds. The van der Waals surface area contributed by atoms with Crippen LogP contribution in [0.1, 0.15) is 19.8 Å². The second-order valence-electron chi connectivity index (χ2n) is 2.76. The quantitative estimate of drug-likeness (QED) is 0.427. The van der Waals surface area contributed by atoms with Gasteiger partial charge >= 0.3 is 0 Å². The van der Waals surface area contributed by atoms with Crippen molar-refractivity contribution in [3.05, 3.63) is 5.92 Å². The zero-order valence-corrected chi connectivity index (χ0v) is 5.78. The molecule has 0 N–H and O–H groups in total. The molecule has 0 radical (unpaired) electrons. The largest absolute Gasteiger partial charge is 0.298 e. The summed E-state index contributed by atoms with van der Waals surface area (Å²) in [5.41, 5.74) is 0. The first kappa shape index (κ1) is 5.96. The molecule has 46 valence electrons. The zero-order valence-electron chi connectivity index (χ0n) is 5.78. The van der Waals surface area contributed by atoms with Gasteiger partial charge in [-0.05, 0) is 7.05 Å². The molecule has 0 spiro atoms. The lowest BCUT2D eigenvalue weighted by molar-refractivity contribution is 0.293. The topological polar surface area (TPSA) is 3.24 Å². The molecule has 1 heterocycles. The minimum atomic E-state index is 1.27. The normalized spacial score (nSPS) is 24.0. The van der Waals surface area contributed by atoms with E-state index in [2.05, 4.69) is 18.9 Å². The minimum absolute atomic E-state index is 1.27. The second-order valence-corrected chi connectivity index (χ2v) is 2.76. The Hall–Kier alpha value is -0.170. The fourth-order valence-electron chi connectivity index (χ4n) is 1.00. The first-order valence-electron chi connectivity index (χ1n) is 3.29. The van der Waals surface area contributed by atoms with Gasteiger partial charge in [-0.15, -0.1) is 0 Å². The molecular weight excluding hydrogens is 98.1 g/mol. The molecule has 0 saturated carbocycles. The number of nitrogens with zero attached hydrogens (tertiary/aromatic N) is 1. The molecule has 1 rings (SSSR count). The highest BCUT2D eigenvalue weighted by atomic mass is 15.1. The van der Waals surface area contributed by atoms with Crippen LogP contribution in [0, 0.1) is 5.92 Å². The lowest BCUT2D eigenvalue weighted by Gasteiger charge is -2.19. The van der Waals surface area contributed by atoms with Crippen molar-refractivity contribution < 1.29 is 0 Å². The third-order valence-electron chi connectivity index (χ3n) is 1.84. The Morgan fingerprint density at radius 2 is 1.75 bits per heavy atom. The van der Waals surface area contributed by atoms with Crippen molar-refractivity contribution in [1.82, 2.24) is 4.90 Å². The molecule has 0 aromatic rings. The summed E-state index contributed by atoms with van der Waals surface area (Å²) in [4.78, 5) is 2.38. The van der Waals surface area contributed by atoms with Gasteiger partial charge in [0.25, 0.3) is 0 Å². The Labute approximate surface area is 51.7 Å². The molecule has 1 heteroatoms. The lowest BCUT2D eigenvalue weighted by atomic mass is 10.00. The lowest BCUT2D eigenvalue weighted by Crippen LogP contribution is -2.28. The standard InChI is InChI=1S/C7H14N/c1-7-3-5-8(2)6-4-7/h3-6H2,1-2H3/q+1. The van der Waals surface area contributed by atoms with E-state index in [1.165, 1.54) is 25.9 Å². The van der Waals surface area contributed by atoms with Crippen LogP contribution in [0.5, 0.6) is 0 Å². The summed E-state index contributed by atoms with van der Waals surface area (Å²) in [6, 6.07) is 0. The first-order chi connectivity index (χ1) is 3.79. The molecule has 1 fully saturated rings. The van der Waals surface area contributed by atoms with Gasteiger partial charge in [0.2, 0.25) is 0 Å². The van der Waals surface area contributed by atoms with E-state index >= 15 is 0 Å². The van der Waals surface area contributed by atoms with E-state index < -0.39 is 0 Å². The number of hydrogen-bond acceptors (Lipinski definition) is 1. The monoisotopic (exact) mass is 112 g/mol. The van der Waals surface area contributed by atoms with Gasteiger partial charge in [-0.2, -0.15) is 0 Å². The van der Waals surface area contributed by atoms with Gasteiger partial charge in [0.05, 0.1) is 12.8 Å². The van der Waals surface area contributed by atoms with Crippen LogP contribution < -0.4 is 0 Å². The Morgan fingerprint density at radius 3 is 2.12 bits per heavy atom. The Kier molecular flexibility index (Phi) is 1.79. The smallest absolute Gasteiger partial charge is 0.102 e. The maximum absolute atomic E-state index is 2.38. The summed E-state index contributed by atoms with van der Waals surface area (Å²) < 4.78 is 0. The number of likely N-dealkylation sites (tertiary alicyclic amines) is 1. The van der Waals surface area contributed by atoms with Crippen LogP contribution in [0.2, 0.25) is 0 Å². The molecule has 8 heavy (non-hydrogen) atoms. The van der Waals surface area contributed by atoms with Crippen molar-refractivity contribution in [3.8, 4) is 0 Å². The van der Waals surface area contributed by atoms with E-state index in [1.807, 2.05) is 0 Å². The molecule has 1 aliphatic rings. The SMILES string of the molecule is C[C+]1CCN(C)CC1. The minimum Gasteiger partial charge on any atom is -0.298 e. The van der Waals surface area contributed by atoms with Crippen LogP contribution in [0.15, 0.2) is 0 Å². The van der Waals surface area contributed by atoms with Gasteiger partial charge in [-0.25, -0.2) is 0 Å². The van der Waals surface area contributed by atoms with Gasteiger partial charge in [0, 0.05) is 13.1 Å². The third kappa shape index (κ3) is 1.41.